The summed E-state index contributed by atoms with van der Waals surface area (Å²) < 4.78 is 23.1. The number of aromatic nitrogens is 3. The van der Waals surface area contributed by atoms with Crippen LogP contribution in [0.4, 0.5) is 10.1 Å². The van der Waals surface area contributed by atoms with E-state index in [9.17, 15) is 24.3 Å². The summed E-state index contributed by atoms with van der Waals surface area (Å²) in [4.78, 5) is 55.9. The normalized spacial score (nSPS) is 16.2. The van der Waals surface area contributed by atoms with Crippen molar-refractivity contribution in [2.24, 2.45) is 20.0 Å². The minimum atomic E-state index is -0.806. The highest BCUT2D eigenvalue weighted by atomic mass is 35.5. The van der Waals surface area contributed by atoms with Crippen molar-refractivity contribution in [3.05, 3.63) is 96.0 Å². The van der Waals surface area contributed by atoms with Gasteiger partial charge in [-0.05, 0) is 42.7 Å². The average Bonchev–Trinajstić information content (AvgIpc) is 3.41. The fourth-order valence-corrected chi connectivity index (χ4v) is 6.76. The van der Waals surface area contributed by atoms with Gasteiger partial charge in [0, 0.05) is 61.7 Å². The van der Waals surface area contributed by atoms with Crippen LogP contribution in [0.15, 0.2) is 52.2 Å². The first kappa shape index (κ1) is 31.5. The number of ether oxygens (including phenoxy) is 1. The molecule has 3 heterocycles. The van der Waals surface area contributed by atoms with E-state index >= 15 is 4.39 Å². The lowest BCUT2D eigenvalue weighted by molar-refractivity contribution is -0.148. The first-order chi connectivity index (χ1) is 21.9. The van der Waals surface area contributed by atoms with Crippen molar-refractivity contribution in [3.63, 3.8) is 0 Å². The third-order valence-electron chi connectivity index (χ3n) is 8.60. The lowest BCUT2D eigenvalue weighted by Crippen LogP contribution is -2.51. The van der Waals surface area contributed by atoms with Crippen molar-refractivity contribution in [2.45, 2.75) is 18.9 Å². The molecular formula is C32H28Cl2FN5O6. The second-order valence-corrected chi connectivity index (χ2v) is 12.1. The number of benzene rings is 2. The quantitative estimate of drug-likeness (QED) is 0.294. The fourth-order valence-electron chi connectivity index (χ4n) is 6.14. The van der Waals surface area contributed by atoms with E-state index in [0.717, 1.165) is 39.3 Å². The Labute approximate surface area is 271 Å². The molecule has 2 aliphatic rings. The molecule has 14 heteroatoms. The zero-order valence-electron chi connectivity index (χ0n) is 24.9. The molecule has 4 aromatic rings. The molecule has 46 heavy (non-hydrogen) atoms. The van der Waals surface area contributed by atoms with E-state index in [2.05, 4.69) is 10.2 Å². The maximum Gasteiger partial charge on any atom is 0.330 e. The van der Waals surface area contributed by atoms with Crippen molar-refractivity contribution >= 4 is 40.8 Å². The number of aryl methyl sites for hydroxylation is 2. The molecular weight excluding hydrogens is 640 g/mol. The Hall–Kier alpha value is -4.52. The van der Waals surface area contributed by atoms with Crippen molar-refractivity contribution in [1.29, 1.82) is 0 Å². The molecule has 11 nitrogen and oxygen atoms in total. The Morgan fingerprint density at radius 1 is 1.09 bits per heavy atom. The van der Waals surface area contributed by atoms with Crippen LogP contribution in [0.5, 0.6) is 5.88 Å². The molecule has 1 fully saturated rings. The molecule has 0 bridgehead atoms. The van der Waals surface area contributed by atoms with Gasteiger partial charge in [-0.15, -0.1) is 0 Å². The number of carboxylic acids is 1. The van der Waals surface area contributed by atoms with Gasteiger partial charge in [-0.1, -0.05) is 35.3 Å². The zero-order chi connectivity index (χ0) is 33.0. The standard InChI is InChI=1S/C32H28Cl2FN5O6/c1-38-14-19(30(42)39(2)32(38)45)28(41)36-21-6-4-5-18(26(21)33)25-20(35)9-8-17(27(25)34)22-11-15-7-10-23(24(15)29(37-22)46-3)40-12-16(13-40)31(43)44/h4-6,8-9,11,14,16,23H,7,10,12-13H2,1-3H3,(H,36,41)(H,43,44). The van der Waals surface area contributed by atoms with Gasteiger partial charge in [0.15, 0.2) is 0 Å². The van der Waals surface area contributed by atoms with E-state index in [1.807, 2.05) is 6.07 Å². The maximum absolute atomic E-state index is 15.5. The van der Waals surface area contributed by atoms with Crippen LogP contribution in [-0.4, -0.2) is 56.2 Å². The highest BCUT2D eigenvalue weighted by Gasteiger charge is 2.41. The number of halogens is 3. The summed E-state index contributed by atoms with van der Waals surface area (Å²) in [6.45, 7) is 0.916. The fraction of sp³-hybridized carbons (Fsp3) is 0.281. The number of rotatable bonds is 7. The third-order valence-corrected chi connectivity index (χ3v) is 9.40. The summed E-state index contributed by atoms with van der Waals surface area (Å²) in [6, 6.07) is 9.24. The van der Waals surface area contributed by atoms with Crippen LogP contribution in [0.2, 0.25) is 10.0 Å². The summed E-state index contributed by atoms with van der Waals surface area (Å²) in [5.74, 6) is -2.27. The summed E-state index contributed by atoms with van der Waals surface area (Å²) in [5, 5.41) is 11.9. The molecule has 0 saturated carbocycles. The number of amides is 1. The predicted molar refractivity (Wildman–Crippen MR) is 170 cm³/mol. The van der Waals surface area contributed by atoms with Gasteiger partial charge in [0.05, 0.1) is 34.5 Å². The number of hydrogen-bond acceptors (Lipinski definition) is 7. The number of hydrogen-bond donors (Lipinski definition) is 2. The lowest BCUT2D eigenvalue weighted by Gasteiger charge is -2.41. The van der Waals surface area contributed by atoms with Crippen LogP contribution in [0.3, 0.4) is 0 Å². The Morgan fingerprint density at radius 3 is 2.52 bits per heavy atom. The SMILES string of the molecule is COc1nc(-c2ccc(F)c(-c3cccc(NC(=O)c4cn(C)c(=O)n(C)c4=O)c3Cl)c2Cl)cc2c1C(N1CC(C(=O)O)C1)CC2. The summed E-state index contributed by atoms with van der Waals surface area (Å²) in [5.41, 5.74) is 1.39. The summed E-state index contributed by atoms with van der Waals surface area (Å²) >= 11 is 13.6. The highest BCUT2D eigenvalue weighted by Crippen LogP contribution is 2.47. The number of fused-ring (bicyclic) bond motifs is 1. The van der Waals surface area contributed by atoms with E-state index in [1.54, 1.807) is 12.1 Å². The van der Waals surface area contributed by atoms with Gasteiger partial charge < -0.3 is 19.7 Å². The Bertz CT molecular complexity index is 2060. The molecule has 1 amide bonds. The smallest absolute Gasteiger partial charge is 0.330 e. The molecule has 2 aromatic carbocycles. The molecule has 1 atom stereocenters. The molecule has 0 spiro atoms. The highest BCUT2D eigenvalue weighted by molar-refractivity contribution is 6.39. The van der Waals surface area contributed by atoms with Gasteiger partial charge in [0.25, 0.3) is 11.5 Å². The topological polar surface area (TPSA) is 136 Å². The van der Waals surface area contributed by atoms with Crippen molar-refractivity contribution in [1.82, 2.24) is 19.0 Å². The molecule has 1 saturated heterocycles. The van der Waals surface area contributed by atoms with E-state index < -0.39 is 34.9 Å². The minimum Gasteiger partial charge on any atom is -0.481 e. The monoisotopic (exact) mass is 667 g/mol. The van der Waals surface area contributed by atoms with Crippen LogP contribution in [0.25, 0.3) is 22.4 Å². The number of methoxy groups -OCH3 is 1. The van der Waals surface area contributed by atoms with Crippen LogP contribution in [0.1, 0.15) is 33.9 Å². The molecule has 1 aliphatic heterocycles. The van der Waals surface area contributed by atoms with Gasteiger partial charge >= 0.3 is 11.7 Å². The number of anilines is 1. The van der Waals surface area contributed by atoms with Gasteiger partial charge in [-0.25, -0.2) is 14.2 Å². The van der Waals surface area contributed by atoms with Crippen molar-refractivity contribution < 1.29 is 23.8 Å². The number of carbonyl (C=O) groups excluding carboxylic acids is 1. The van der Waals surface area contributed by atoms with Crippen molar-refractivity contribution in [3.8, 4) is 28.3 Å². The molecule has 1 aliphatic carbocycles. The molecule has 238 valence electrons. The number of aliphatic carboxylic acids is 1. The van der Waals surface area contributed by atoms with Gasteiger partial charge in [0.1, 0.15) is 11.4 Å². The van der Waals surface area contributed by atoms with Crippen molar-refractivity contribution in [2.75, 3.05) is 25.5 Å². The van der Waals surface area contributed by atoms with E-state index in [0.29, 0.717) is 30.2 Å². The molecule has 6 rings (SSSR count). The minimum absolute atomic E-state index is 0.0148. The average molecular weight is 669 g/mol. The van der Waals surface area contributed by atoms with E-state index in [4.69, 9.17) is 32.9 Å². The summed E-state index contributed by atoms with van der Waals surface area (Å²) in [7, 11) is 4.19. The Balaban J connectivity index is 1.35. The maximum atomic E-state index is 15.5. The number of carbonyl (C=O) groups is 2. The van der Waals surface area contributed by atoms with E-state index in [1.165, 1.54) is 39.4 Å². The molecule has 0 radical (unpaired) electrons. The number of nitrogens with zero attached hydrogens (tertiary/aromatic N) is 4. The predicted octanol–water partition coefficient (Wildman–Crippen LogP) is 4.52. The second-order valence-electron chi connectivity index (χ2n) is 11.3. The van der Waals surface area contributed by atoms with Crippen LogP contribution in [0, 0.1) is 11.7 Å². The van der Waals surface area contributed by atoms with Crippen LogP contribution < -0.4 is 21.3 Å². The summed E-state index contributed by atoms with van der Waals surface area (Å²) in [6.07, 6.45) is 2.64. The number of pyridine rings is 1. The molecule has 2 aromatic heterocycles. The second kappa shape index (κ2) is 12.0. The Kier molecular flexibility index (Phi) is 8.21. The lowest BCUT2D eigenvalue weighted by atomic mass is 9.95. The first-order valence-electron chi connectivity index (χ1n) is 14.3. The number of nitrogens with one attached hydrogen (secondary N) is 1. The molecule has 2 N–H and O–H groups in total. The van der Waals surface area contributed by atoms with Crippen LogP contribution in [-0.2, 0) is 25.3 Å². The number of likely N-dealkylation sites (tertiary alicyclic amines) is 1. The third kappa shape index (κ3) is 5.25. The van der Waals surface area contributed by atoms with Gasteiger partial charge in [0.2, 0.25) is 5.88 Å². The van der Waals surface area contributed by atoms with Gasteiger partial charge in [-0.3, -0.25) is 23.9 Å². The first-order valence-corrected chi connectivity index (χ1v) is 15.1. The number of carboxylic acid groups (broad SMARTS) is 1. The van der Waals surface area contributed by atoms with E-state index in [-0.39, 0.29) is 38.5 Å². The zero-order valence-corrected chi connectivity index (χ0v) is 26.4. The van der Waals surface area contributed by atoms with Gasteiger partial charge in [-0.2, -0.15) is 0 Å². The molecule has 1 unspecified atom stereocenters. The largest absolute Gasteiger partial charge is 0.481 e. The van der Waals surface area contributed by atoms with Crippen LogP contribution >= 0.6 is 23.2 Å². The Morgan fingerprint density at radius 2 is 1.83 bits per heavy atom.